The highest BCUT2D eigenvalue weighted by Gasteiger charge is 2.34. The first-order valence-electron chi connectivity index (χ1n) is 7.92. The number of nitrogens with zero attached hydrogens (tertiary/aromatic N) is 1. The Morgan fingerprint density at radius 1 is 1.19 bits per heavy atom. The van der Waals surface area contributed by atoms with E-state index in [1.807, 2.05) is 24.3 Å². The van der Waals surface area contributed by atoms with E-state index in [1.54, 1.807) is 37.3 Å². The van der Waals surface area contributed by atoms with Crippen LogP contribution in [0.3, 0.4) is 0 Å². The lowest BCUT2D eigenvalue weighted by Gasteiger charge is -2.31. The fraction of sp³-hybridized carbons (Fsp3) is 0.100. The Labute approximate surface area is 162 Å². The maximum atomic E-state index is 13.0. The number of carbonyl (C=O) groups excluding carboxylic acids is 1. The van der Waals surface area contributed by atoms with Crippen LogP contribution in [0.4, 0.5) is 5.69 Å². The van der Waals surface area contributed by atoms with Gasteiger partial charge in [-0.2, -0.15) is 0 Å². The van der Waals surface area contributed by atoms with Gasteiger partial charge in [-0.05, 0) is 30.7 Å². The molecule has 6 heteroatoms. The smallest absolute Gasteiger partial charge is 0.254 e. The monoisotopic (exact) mass is 380 g/mol. The van der Waals surface area contributed by atoms with Crippen LogP contribution in [0.2, 0.25) is 5.02 Å². The molecule has 1 heterocycles. The zero-order valence-corrected chi connectivity index (χ0v) is 15.5. The average Bonchev–Trinajstić information content (AvgIpc) is 2.62. The molecule has 0 radical (unpaired) electrons. The van der Waals surface area contributed by atoms with Crippen LogP contribution in [0.1, 0.15) is 18.4 Å². The van der Waals surface area contributed by atoms with Crippen LogP contribution in [-0.2, 0) is 4.79 Å². The van der Waals surface area contributed by atoms with Crippen molar-refractivity contribution in [2.45, 2.75) is 12.8 Å². The summed E-state index contributed by atoms with van der Waals surface area (Å²) >= 11 is 11.7. The Hall–Kier alpha value is -2.72. The second kappa shape index (κ2) is 7.67. The first kappa shape index (κ1) is 18.1. The van der Waals surface area contributed by atoms with Crippen molar-refractivity contribution >= 4 is 46.3 Å². The van der Waals surface area contributed by atoms with Gasteiger partial charge in [-0.3, -0.25) is 10.7 Å². The van der Waals surface area contributed by atoms with Gasteiger partial charge >= 0.3 is 0 Å². The minimum atomic E-state index is -0.619. The summed E-state index contributed by atoms with van der Waals surface area (Å²) in [6.07, 6.45) is 0. The zero-order chi connectivity index (χ0) is 18.7. The highest BCUT2D eigenvalue weighted by Crippen LogP contribution is 2.39. The highest BCUT2D eigenvalue weighted by atomic mass is 35.5. The van der Waals surface area contributed by atoms with Crippen molar-refractivity contribution in [2.24, 2.45) is 0 Å². The standard InChI is InChI=1S/C20H15ClN3OS/c1-12-17(19(25)24-13-7-3-2-4-8-13)18(15(11-22)20(26)23-12)14-9-5-6-10-16(14)21/h2-10,18H,1H3,(H,23,26)(H,24,25)/q-1. The van der Waals surface area contributed by atoms with E-state index < -0.39 is 5.92 Å². The van der Waals surface area contributed by atoms with Gasteiger partial charge in [0, 0.05) is 27.6 Å². The molecule has 0 aliphatic carbocycles. The van der Waals surface area contributed by atoms with Crippen molar-refractivity contribution in [1.82, 2.24) is 5.32 Å². The number of carbonyl (C=O) groups is 1. The number of amides is 1. The fourth-order valence-corrected chi connectivity index (χ4v) is 3.52. The Morgan fingerprint density at radius 2 is 1.85 bits per heavy atom. The first-order valence-corrected chi connectivity index (χ1v) is 8.71. The second-order valence-electron chi connectivity index (χ2n) is 5.79. The molecule has 2 aromatic carbocycles. The Kier molecular flexibility index (Phi) is 5.33. The van der Waals surface area contributed by atoms with E-state index in [0.717, 1.165) is 0 Å². The summed E-state index contributed by atoms with van der Waals surface area (Å²) in [6, 6.07) is 16.3. The predicted octanol–water partition coefficient (Wildman–Crippen LogP) is 4.43. The van der Waals surface area contributed by atoms with Crippen molar-refractivity contribution in [3.8, 4) is 0 Å². The number of hydrogen-bond donors (Lipinski definition) is 2. The third kappa shape index (κ3) is 3.46. The van der Waals surface area contributed by atoms with Crippen LogP contribution < -0.4 is 10.6 Å². The van der Waals surface area contributed by atoms with Crippen LogP contribution >= 0.6 is 23.8 Å². The molecule has 1 unspecified atom stereocenters. The average molecular weight is 381 g/mol. The van der Waals surface area contributed by atoms with E-state index in [2.05, 4.69) is 16.5 Å². The summed E-state index contributed by atoms with van der Waals surface area (Å²) < 4.78 is 0. The van der Waals surface area contributed by atoms with E-state index in [9.17, 15) is 10.2 Å². The quantitative estimate of drug-likeness (QED) is 0.470. The van der Waals surface area contributed by atoms with Gasteiger partial charge in [0.05, 0.1) is 5.92 Å². The van der Waals surface area contributed by atoms with Crippen molar-refractivity contribution in [1.29, 1.82) is 0 Å². The van der Waals surface area contributed by atoms with Crippen LogP contribution in [0.25, 0.3) is 5.41 Å². The van der Waals surface area contributed by atoms with Gasteiger partial charge in [-0.1, -0.05) is 60.2 Å². The largest absolute Gasteiger partial charge is 0.763 e. The summed E-state index contributed by atoms with van der Waals surface area (Å²) in [6.45, 7) is 1.77. The van der Waals surface area contributed by atoms with Gasteiger partial charge in [0.25, 0.3) is 5.91 Å². The third-order valence-electron chi connectivity index (χ3n) is 4.14. The molecule has 0 spiro atoms. The normalized spacial score (nSPS) is 16.8. The topological polar surface area (TPSA) is 63.4 Å². The molecule has 2 N–H and O–H groups in total. The molecule has 130 valence electrons. The lowest BCUT2D eigenvalue weighted by molar-refractivity contribution is -0.113. The lowest BCUT2D eigenvalue weighted by Crippen LogP contribution is -2.36. The maximum Gasteiger partial charge on any atom is 0.254 e. The number of para-hydroxylation sites is 1. The number of hydrogen-bond acceptors (Lipinski definition) is 2. The fourth-order valence-electron chi connectivity index (χ4n) is 2.95. The Bertz CT molecular complexity index is 962. The molecule has 1 aliphatic heterocycles. The number of thiocarbonyl (C=S) groups is 1. The van der Waals surface area contributed by atoms with Gasteiger partial charge in [0.2, 0.25) is 0 Å². The summed E-state index contributed by atoms with van der Waals surface area (Å²) in [5, 5.41) is 16.0. The number of benzene rings is 2. The minimum Gasteiger partial charge on any atom is -0.763 e. The van der Waals surface area contributed by atoms with E-state index in [0.29, 0.717) is 38.1 Å². The van der Waals surface area contributed by atoms with E-state index in [-0.39, 0.29) is 5.91 Å². The van der Waals surface area contributed by atoms with Crippen LogP contribution in [0, 0.1) is 0 Å². The summed E-state index contributed by atoms with van der Waals surface area (Å²) in [5.74, 6) is 1.22. The molecule has 0 bridgehead atoms. The molecule has 1 amide bonds. The molecule has 1 aliphatic rings. The molecule has 1 atom stereocenters. The molecule has 0 aromatic heterocycles. The van der Waals surface area contributed by atoms with Gasteiger partial charge in [-0.15, -0.1) is 0 Å². The highest BCUT2D eigenvalue weighted by molar-refractivity contribution is 7.80. The number of anilines is 1. The third-order valence-corrected chi connectivity index (χ3v) is 4.81. The van der Waals surface area contributed by atoms with Gasteiger partial charge < -0.3 is 16.0 Å². The molecule has 0 saturated heterocycles. The van der Waals surface area contributed by atoms with Gasteiger partial charge in [-0.25, -0.2) is 0 Å². The number of rotatable bonds is 3. The molecular formula is C20H15ClN3OS-. The number of nitrogens with one attached hydrogen (secondary N) is 2. The van der Waals surface area contributed by atoms with Gasteiger partial charge in [0.1, 0.15) is 4.99 Å². The van der Waals surface area contributed by atoms with E-state index in [4.69, 9.17) is 23.8 Å². The Morgan fingerprint density at radius 3 is 2.50 bits per heavy atom. The SMILES string of the molecule is CC1=C(C(=O)Nc2ccccc2)C(c2ccccc2Cl)C(=C=[N-])C(=S)N1. The summed E-state index contributed by atoms with van der Waals surface area (Å²) in [7, 11) is 0. The zero-order valence-electron chi connectivity index (χ0n) is 13.9. The summed E-state index contributed by atoms with van der Waals surface area (Å²) in [4.78, 5) is 13.3. The van der Waals surface area contributed by atoms with E-state index in [1.165, 1.54) is 0 Å². The molecule has 4 nitrogen and oxygen atoms in total. The van der Waals surface area contributed by atoms with Crippen molar-refractivity contribution in [2.75, 3.05) is 5.32 Å². The molecule has 0 fully saturated rings. The lowest BCUT2D eigenvalue weighted by atomic mass is 9.81. The Balaban J connectivity index is 2.11. The number of allylic oxidation sites excluding steroid dienone is 1. The number of halogens is 1. The molecule has 3 rings (SSSR count). The first-order chi connectivity index (χ1) is 12.5. The van der Waals surface area contributed by atoms with Crippen LogP contribution in [0.15, 0.2) is 71.4 Å². The molecule has 26 heavy (non-hydrogen) atoms. The van der Waals surface area contributed by atoms with Crippen molar-refractivity contribution < 1.29 is 4.79 Å². The molecule has 0 saturated carbocycles. The molecular weight excluding hydrogens is 366 g/mol. The van der Waals surface area contributed by atoms with Crippen molar-refractivity contribution in [3.05, 3.63) is 87.4 Å². The minimum absolute atomic E-state index is 0.303. The van der Waals surface area contributed by atoms with Crippen molar-refractivity contribution in [3.63, 3.8) is 0 Å². The summed E-state index contributed by atoms with van der Waals surface area (Å²) in [5.41, 5.74) is 2.67. The second-order valence-corrected chi connectivity index (χ2v) is 6.61. The van der Waals surface area contributed by atoms with E-state index >= 15 is 0 Å². The molecule has 2 aromatic rings. The maximum absolute atomic E-state index is 13.0. The predicted molar refractivity (Wildman–Crippen MR) is 110 cm³/mol. The van der Waals surface area contributed by atoms with Gasteiger partial charge in [0.15, 0.2) is 0 Å². The van der Waals surface area contributed by atoms with Crippen LogP contribution in [0.5, 0.6) is 0 Å². The van der Waals surface area contributed by atoms with Crippen LogP contribution in [-0.4, -0.2) is 16.8 Å².